The molecule has 0 unspecified atom stereocenters. The van der Waals surface area contributed by atoms with E-state index in [0.717, 1.165) is 34.7 Å². The first-order chi connectivity index (χ1) is 6.11. The predicted molar refractivity (Wildman–Crippen MR) is 51.4 cm³/mol. The molecule has 0 N–H and O–H groups in total. The van der Waals surface area contributed by atoms with Gasteiger partial charge in [-0.15, -0.1) is 0 Å². The highest BCUT2D eigenvalue weighted by atomic mass is 16.5. The third kappa shape index (κ3) is 1.64. The molecule has 0 aliphatic rings. The minimum Gasteiger partial charge on any atom is -0.618 e. The van der Waals surface area contributed by atoms with Gasteiger partial charge in [0.1, 0.15) is 11.4 Å². The average molecular weight is 180 g/mol. The maximum atomic E-state index is 11.7. The van der Waals surface area contributed by atoms with Gasteiger partial charge < -0.3 is 5.21 Å². The first-order valence-corrected chi connectivity index (χ1v) is 4.70. The first kappa shape index (κ1) is 9.96. The van der Waals surface area contributed by atoms with Crippen LogP contribution in [0.5, 0.6) is 0 Å². The summed E-state index contributed by atoms with van der Waals surface area (Å²) in [7, 11) is 0. The van der Waals surface area contributed by atoms with Crippen LogP contribution in [0.4, 0.5) is 0 Å². The van der Waals surface area contributed by atoms with E-state index < -0.39 is 0 Å². The van der Waals surface area contributed by atoms with Crippen LogP contribution in [-0.2, 0) is 12.8 Å². The van der Waals surface area contributed by atoms with E-state index in [1.165, 1.54) is 0 Å². The van der Waals surface area contributed by atoms with E-state index in [1.807, 2.05) is 27.7 Å². The second-order valence-electron chi connectivity index (χ2n) is 3.18. The van der Waals surface area contributed by atoms with Gasteiger partial charge in [0.05, 0.1) is 0 Å². The normalized spacial score (nSPS) is 10.5. The van der Waals surface area contributed by atoms with Crippen LogP contribution in [0.3, 0.4) is 0 Å². The molecule has 1 aromatic rings. The minimum atomic E-state index is 0.717. The van der Waals surface area contributed by atoms with Crippen molar-refractivity contribution in [3.8, 4) is 0 Å². The van der Waals surface area contributed by atoms with E-state index in [-0.39, 0.29) is 0 Å². The molecule has 13 heavy (non-hydrogen) atoms. The van der Waals surface area contributed by atoms with Crippen molar-refractivity contribution in [3.63, 3.8) is 0 Å². The van der Waals surface area contributed by atoms with Crippen LogP contribution in [0, 0.1) is 19.1 Å². The van der Waals surface area contributed by atoms with E-state index >= 15 is 0 Å². The number of hydrogen-bond donors (Lipinski definition) is 0. The zero-order valence-corrected chi connectivity index (χ0v) is 8.72. The summed E-state index contributed by atoms with van der Waals surface area (Å²) in [5.41, 5.74) is 3.30. The van der Waals surface area contributed by atoms with Crippen molar-refractivity contribution in [2.75, 3.05) is 0 Å². The van der Waals surface area contributed by atoms with Crippen LogP contribution in [-0.4, -0.2) is 4.98 Å². The number of aryl methyl sites for hydroxylation is 2. The van der Waals surface area contributed by atoms with Crippen LogP contribution in [0.1, 0.15) is 36.6 Å². The standard InChI is InChI=1S/C10H16N2O/c1-5-9-10(6-2)12(13)8(4)7(3)11-9/h5-6H2,1-4H3. The van der Waals surface area contributed by atoms with Gasteiger partial charge in [0, 0.05) is 13.3 Å². The second kappa shape index (κ2) is 3.73. The zero-order valence-electron chi connectivity index (χ0n) is 8.72. The molecule has 0 radical (unpaired) electrons. The first-order valence-electron chi connectivity index (χ1n) is 4.70. The van der Waals surface area contributed by atoms with Gasteiger partial charge in [-0.05, 0) is 13.3 Å². The van der Waals surface area contributed by atoms with E-state index in [9.17, 15) is 5.21 Å². The summed E-state index contributed by atoms with van der Waals surface area (Å²) in [5.74, 6) is 0. The Balaban J connectivity index is 3.39. The molecule has 0 fully saturated rings. The van der Waals surface area contributed by atoms with Gasteiger partial charge in [-0.25, -0.2) is 4.98 Å². The zero-order chi connectivity index (χ0) is 10.0. The molecular formula is C10H16N2O. The second-order valence-corrected chi connectivity index (χ2v) is 3.18. The van der Waals surface area contributed by atoms with Gasteiger partial charge >= 0.3 is 0 Å². The predicted octanol–water partition coefficient (Wildman–Crippen LogP) is 1.46. The molecular weight excluding hydrogens is 164 g/mol. The van der Waals surface area contributed by atoms with E-state index in [2.05, 4.69) is 4.98 Å². The molecule has 0 bridgehead atoms. The summed E-state index contributed by atoms with van der Waals surface area (Å²) in [6.07, 6.45) is 1.58. The Morgan fingerprint density at radius 1 is 1.23 bits per heavy atom. The molecule has 0 atom stereocenters. The Morgan fingerprint density at radius 3 is 2.31 bits per heavy atom. The highest BCUT2D eigenvalue weighted by molar-refractivity contribution is 5.12. The largest absolute Gasteiger partial charge is 0.618 e. The fraction of sp³-hybridized carbons (Fsp3) is 0.600. The Bertz CT molecular complexity index is 321. The van der Waals surface area contributed by atoms with E-state index in [0.29, 0.717) is 5.69 Å². The summed E-state index contributed by atoms with van der Waals surface area (Å²) in [6.45, 7) is 7.70. The minimum absolute atomic E-state index is 0.717. The van der Waals surface area contributed by atoms with Crippen molar-refractivity contribution in [1.29, 1.82) is 0 Å². The molecule has 0 aliphatic heterocycles. The van der Waals surface area contributed by atoms with Gasteiger partial charge in [-0.3, -0.25) is 0 Å². The summed E-state index contributed by atoms with van der Waals surface area (Å²) < 4.78 is 1.02. The Labute approximate surface area is 79.0 Å². The SMILES string of the molecule is CCc1nc(C)c(C)[n+]([O-])c1CC. The summed E-state index contributed by atoms with van der Waals surface area (Å²) >= 11 is 0. The van der Waals surface area contributed by atoms with Crippen LogP contribution in [0.15, 0.2) is 0 Å². The highest BCUT2D eigenvalue weighted by Crippen LogP contribution is 2.07. The third-order valence-corrected chi connectivity index (χ3v) is 2.38. The van der Waals surface area contributed by atoms with Crippen molar-refractivity contribution in [3.05, 3.63) is 28.0 Å². The number of hydrogen-bond acceptors (Lipinski definition) is 2. The van der Waals surface area contributed by atoms with Crippen LogP contribution >= 0.6 is 0 Å². The van der Waals surface area contributed by atoms with Crippen molar-refractivity contribution in [1.82, 2.24) is 4.98 Å². The molecule has 0 saturated heterocycles. The van der Waals surface area contributed by atoms with Gasteiger partial charge in [0.15, 0.2) is 0 Å². The Hall–Kier alpha value is -1.12. The van der Waals surface area contributed by atoms with Crippen LogP contribution in [0.25, 0.3) is 0 Å². The fourth-order valence-electron chi connectivity index (χ4n) is 1.45. The molecule has 3 nitrogen and oxygen atoms in total. The van der Waals surface area contributed by atoms with Gasteiger partial charge in [-0.2, -0.15) is 4.73 Å². The van der Waals surface area contributed by atoms with E-state index in [4.69, 9.17) is 0 Å². The van der Waals surface area contributed by atoms with Crippen molar-refractivity contribution in [2.45, 2.75) is 40.5 Å². The van der Waals surface area contributed by atoms with E-state index in [1.54, 1.807) is 0 Å². The van der Waals surface area contributed by atoms with Crippen LogP contribution in [0.2, 0.25) is 0 Å². The Kier molecular flexibility index (Phi) is 2.86. The Morgan fingerprint density at radius 2 is 1.85 bits per heavy atom. The highest BCUT2D eigenvalue weighted by Gasteiger charge is 2.15. The van der Waals surface area contributed by atoms with Gasteiger partial charge in [0.2, 0.25) is 11.4 Å². The molecule has 1 aromatic heterocycles. The van der Waals surface area contributed by atoms with Crippen molar-refractivity contribution in [2.24, 2.45) is 0 Å². The molecule has 0 spiro atoms. The number of nitrogens with zero attached hydrogens (tertiary/aromatic N) is 2. The summed E-state index contributed by atoms with van der Waals surface area (Å²) in [4.78, 5) is 4.40. The molecule has 72 valence electrons. The molecule has 1 heterocycles. The summed E-state index contributed by atoms with van der Waals surface area (Å²) in [6, 6.07) is 0. The topological polar surface area (TPSA) is 39.8 Å². The number of aromatic nitrogens is 2. The average Bonchev–Trinajstić information content (AvgIpc) is 2.13. The monoisotopic (exact) mass is 180 g/mol. The quantitative estimate of drug-likeness (QED) is 0.510. The lowest BCUT2D eigenvalue weighted by Gasteiger charge is -2.10. The molecule has 0 aromatic carbocycles. The van der Waals surface area contributed by atoms with Crippen molar-refractivity contribution < 1.29 is 4.73 Å². The van der Waals surface area contributed by atoms with Gasteiger partial charge in [0.25, 0.3) is 0 Å². The lowest BCUT2D eigenvalue weighted by Crippen LogP contribution is -2.38. The lowest BCUT2D eigenvalue weighted by molar-refractivity contribution is -0.622. The maximum absolute atomic E-state index is 11.7. The lowest BCUT2D eigenvalue weighted by atomic mass is 10.2. The molecule has 0 amide bonds. The number of rotatable bonds is 2. The van der Waals surface area contributed by atoms with Crippen LogP contribution < -0.4 is 4.73 Å². The molecule has 1 rings (SSSR count). The maximum Gasteiger partial charge on any atom is 0.214 e. The smallest absolute Gasteiger partial charge is 0.214 e. The van der Waals surface area contributed by atoms with Crippen molar-refractivity contribution >= 4 is 0 Å². The van der Waals surface area contributed by atoms with Gasteiger partial charge in [-0.1, -0.05) is 13.8 Å². The molecule has 0 aliphatic carbocycles. The molecule has 0 saturated carbocycles. The summed E-state index contributed by atoms with van der Waals surface area (Å²) in [5, 5.41) is 11.7. The molecule has 3 heteroatoms. The third-order valence-electron chi connectivity index (χ3n) is 2.38. The fourth-order valence-corrected chi connectivity index (χ4v) is 1.45.